The molecule has 0 saturated carbocycles. The molecular weight excluding hydrogens is 542 g/mol. The van der Waals surface area contributed by atoms with Gasteiger partial charge in [-0.2, -0.15) is 0 Å². The number of hydrogen-bond donors (Lipinski definition) is 1. The lowest BCUT2D eigenvalue weighted by molar-refractivity contribution is 0.667. The molecule has 3 heterocycles. The van der Waals surface area contributed by atoms with E-state index in [-0.39, 0.29) is 6.17 Å². The van der Waals surface area contributed by atoms with Gasteiger partial charge in [0.25, 0.3) is 0 Å². The van der Waals surface area contributed by atoms with Crippen molar-refractivity contribution in [3.05, 3.63) is 156 Å². The summed E-state index contributed by atoms with van der Waals surface area (Å²) in [6, 6.07) is 47.3. The zero-order chi connectivity index (χ0) is 29.0. The molecule has 0 radical (unpaired) electrons. The van der Waals surface area contributed by atoms with E-state index in [2.05, 4.69) is 66.0 Å². The molecule has 1 atom stereocenters. The molecule has 9 rings (SSSR count). The van der Waals surface area contributed by atoms with E-state index >= 15 is 0 Å². The van der Waals surface area contributed by atoms with Crippen LogP contribution in [0.15, 0.2) is 158 Å². The summed E-state index contributed by atoms with van der Waals surface area (Å²) in [5, 5.41) is 7.76. The molecular formula is C39H25N3O2. The number of nitrogens with one attached hydrogen (secondary N) is 1. The van der Waals surface area contributed by atoms with Gasteiger partial charge in [-0.05, 0) is 35.4 Å². The number of aliphatic imine (C=N–C) groups is 2. The van der Waals surface area contributed by atoms with Gasteiger partial charge >= 0.3 is 0 Å². The van der Waals surface area contributed by atoms with Crippen molar-refractivity contribution in [2.45, 2.75) is 6.17 Å². The highest BCUT2D eigenvalue weighted by Gasteiger charge is 2.27. The molecule has 1 aliphatic rings. The Kier molecular flexibility index (Phi) is 5.50. The van der Waals surface area contributed by atoms with Crippen molar-refractivity contribution in [2.75, 3.05) is 0 Å². The summed E-state index contributed by atoms with van der Waals surface area (Å²) in [5.41, 5.74) is 8.23. The Morgan fingerprint density at radius 1 is 0.523 bits per heavy atom. The zero-order valence-electron chi connectivity index (χ0n) is 23.6. The van der Waals surface area contributed by atoms with Crippen LogP contribution in [0.4, 0.5) is 0 Å². The Morgan fingerprint density at radius 3 is 2.02 bits per heavy atom. The van der Waals surface area contributed by atoms with Gasteiger partial charge < -0.3 is 14.2 Å². The van der Waals surface area contributed by atoms with Crippen LogP contribution in [-0.4, -0.2) is 11.7 Å². The molecule has 0 amide bonds. The number of fused-ring (bicyclic) bond motifs is 6. The van der Waals surface area contributed by atoms with E-state index in [0.717, 1.165) is 77.5 Å². The number of furan rings is 2. The van der Waals surface area contributed by atoms with E-state index < -0.39 is 0 Å². The molecule has 0 saturated heterocycles. The van der Waals surface area contributed by atoms with Crippen LogP contribution in [-0.2, 0) is 0 Å². The molecule has 5 heteroatoms. The minimum absolute atomic E-state index is 0.331. The first-order valence-corrected chi connectivity index (χ1v) is 14.7. The van der Waals surface area contributed by atoms with E-state index in [4.69, 9.17) is 18.8 Å². The van der Waals surface area contributed by atoms with E-state index in [1.165, 1.54) is 0 Å². The molecule has 8 aromatic rings. The van der Waals surface area contributed by atoms with Crippen molar-refractivity contribution in [3.8, 4) is 11.1 Å². The largest absolute Gasteiger partial charge is 0.456 e. The third-order valence-corrected chi connectivity index (χ3v) is 8.37. The Morgan fingerprint density at radius 2 is 1.20 bits per heavy atom. The van der Waals surface area contributed by atoms with Gasteiger partial charge in [0.1, 0.15) is 34.3 Å². The van der Waals surface area contributed by atoms with E-state index in [9.17, 15) is 0 Å². The summed E-state index contributed by atoms with van der Waals surface area (Å²) in [7, 11) is 0. The highest BCUT2D eigenvalue weighted by Crippen LogP contribution is 2.42. The monoisotopic (exact) mass is 567 g/mol. The lowest BCUT2D eigenvalue weighted by Crippen LogP contribution is -2.33. The van der Waals surface area contributed by atoms with Gasteiger partial charge in [0, 0.05) is 38.2 Å². The van der Waals surface area contributed by atoms with Gasteiger partial charge in [0.05, 0.1) is 0 Å². The summed E-state index contributed by atoms with van der Waals surface area (Å²) in [6.45, 7) is 0. The summed E-state index contributed by atoms with van der Waals surface area (Å²) in [5.74, 6) is 1.40. The summed E-state index contributed by atoms with van der Waals surface area (Å²) < 4.78 is 12.9. The number of nitrogens with zero attached hydrogens (tertiary/aromatic N) is 2. The standard InChI is InChI=1S/C39H25N3O2/c1-3-12-24(13-4-1)37-40-38(25-14-5-2-6-15-25)42-39(41-37)35-27(22-23-33-34(35)30-17-8-10-21-32(30)43-33)29-19-11-18-28-26-16-7-9-20-31(26)44-36(28)29/h1-23,37H,(H,40,41,42). The van der Waals surface area contributed by atoms with E-state index in [1.54, 1.807) is 0 Å². The van der Waals surface area contributed by atoms with Crippen LogP contribution < -0.4 is 5.32 Å². The van der Waals surface area contributed by atoms with Gasteiger partial charge in [-0.3, -0.25) is 0 Å². The molecule has 1 N–H and O–H groups in total. The predicted octanol–water partition coefficient (Wildman–Crippen LogP) is 9.65. The Bertz CT molecular complexity index is 2420. The van der Waals surface area contributed by atoms with Crippen LogP contribution >= 0.6 is 0 Å². The zero-order valence-corrected chi connectivity index (χ0v) is 23.6. The average molecular weight is 568 g/mol. The fourth-order valence-corrected chi connectivity index (χ4v) is 6.34. The maximum Gasteiger partial charge on any atom is 0.160 e. The Hall–Kier alpha value is -5.94. The van der Waals surface area contributed by atoms with Crippen LogP contribution in [0.1, 0.15) is 22.9 Å². The predicted molar refractivity (Wildman–Crippen MR) is 178 cm³/mol. The van der Waals surface area contributed by atoms with Gasteiger partial charge in [-0.15, -0.1) is 0 Å². The fourth-order valence-electron chi connectivity index (χ4n) is 6.34. The first-order chi connectivity index (χ1) is 21.8. The van der Waals surface area contributed by atoms with Crippen molar-refractivity contribution < 1.29 is 8.83 Å². The number of para-hydroxylation sites is 3. The lowest BCUT2D eigenvalue weighted by atomic mass is 9.93. The first-order valence-electron chi connectivity index (χ1n) is 14.7. The van der Waals surface area contributed by atoms with Gasteiger partial charge in [-0.1, -0.05) is 115 Å². The lowest BCUT2D eigenvalue weighted by Gasteiger charge is -2.24. The normalized spacial score (nSPS) is 15.0. The minimum Gasteiger partial charge on any atom is -0.456 e. The molecule has 44 heavy (non-hydrogen) atoms. The van der Waals surface area contributed by atoms with Crippen molar-refractivity contribution in [3.63, 3.8) is 0 Å². The van der Waals surface area contributed by atoms with Crippen LogP contribution in [0.5, 0.6) is 0 Å². The fraction of sp³-hybridized carbons (Fsp3) is 0.0256. The second-order valence-corrected chi connectivity index (χ2v) is 11.0. The van der Waals surface area contributed by atoms with Crippen LogP contribution in [0.3, 0.4) is 0 Å². The van der Waals surface area contributed by atoms with Crippen LogP contribution in [0.25, 0.3) is 55.0 Å². The molecule has 0 spiro atoms. The molecule has 2 aromatic heterocycles. The number of hydrogen-bond acceptors (Lipinski definition) is 5. The van der Waals surface area contributed by atoms with Crippen LogP contribution in [0.2, 0.25) is 0 Å². The number of rotatable bonds is 4. The Balaban J connectivity index is 1.38. The van der Waals surface area contributed by atoms with Gasteiger partial charge in [-0.25, -0.2) is 9.98 Å². The second kappa shape index (κ2) is 9.82. The summed E-state index contributed by atoms with van der Waals surface area (Å²) in [4.78, 5) is 10.5. The van der Waals surface area contributed by atoms with Crippen molar-refractivity contribution >= 4 is 55.5 Å². The molecule has 0 fully saturated rings. The molecule has 0 aliphatic carbocycles. The minimum atomic E-state index is -0.331. The molecule has 6 aromatic carbocycles. The summed E-state index contributed by atoms with van der Waals surface area (Å²) >= 11 is 0. The average Bonchev–Trinajstić information content (AvgIpc) is 3.67. The molecule has 208 valence electrons. The quantitative estimate of drug-likeness (QED) is 0.230. The second-order valence-electron chi connectivity index (χ2n) is 11.0. The summed E-state index contributed by atoms with van der Waals surface area (Å²) in [6.07, 6.45) is -0.331. The maximum atomic E-state index is 6.53. The van der Waals surface area contributed by atoms with Crippen molar-refractivity contribution in [1.82, 2.24) is 5.32 Å². The maximum absolute atomic E-state index is 6.53. The highest BCUT2D eigenvalue weighted by molar-refractivity contribution is 6.25. The Labute approximate surface area is 252 Å². The SMILES string of the molecule is c1ccc(C2=NC(c3c(-c4cccc5c4oc4ccccc45)ccc4oc5ccccc5c34)=NC(c3ccccc3)N2)cc1. The third-order valence-electron chi connectivity index (χ3n) is 8.37. The van der Waals surface area contributed by atoms with E-state index in [1.807, 2.05) is 78.9 Å². The number of benzene rings is 6. The molecule has 0 bridgehead atoms. The van der Waals surface area contributed by atoms with E-state index in [0.29, 0.717) is 5.84 Å². The first kappa shape index (κ1) is 24.6. The topological polar surface area (TPSA) is 63.0 Å². The van der Waals surface area contributed by atoms with Gasteiger partial charge in [0.15, 0.2) is 5.84 Å². The van der Waals surface area contributed by atoms with Gasteiger partial charge in [0.2, 0.25) is 0 Å². The number of amidine groups is 2. The van der Waals surface area contributed by atoms with Crippen molar-refractivity contribution in [1.29, 1.82) is 0 Å². The highest BCUT2D eigenvalue weighted by atomic mass is 16.3. The smallest absolute Gasteiger partial charge is 0.160 e. The molecule has 1 unspecified atom stereocenters. The van der Waals surface area contributed by atoms with Crippen molar-refractivity contribution in [2.24, 2.45) is 9.98 Å². The third kappa shape index (κ3) is 3.87. The molecule has 1 aliphatic heterocycles. The molecule has 5 nitrogen and oxygen atoms in total. The van der Waals surface area contributed by atoms with Crippen LogP contribution in [0, 0.1) is 0 Å².